The maximum absolute atomic E-state index is 11.9. The standard InChI is InChI=1S/C29H31ClN6O4/c30-27-34-28(32-16-18-39-20-19-38-17-15-31-26(37)23-9-5-2-6-10-23)36-29(35-27)33-24-11-13-25(14-12-24)40-21-22-7-3-1-4-8-22/h1-14H,15-21H2,(H,31,37)(H2,32,33,34,35,36). The molecule has 0 atom stereocenters. The lowest BCUT2D eigenvalue weighted by molar-refractivity contribution is 0.0519. The lowest BCUT2D eigenvalue weighted by Crippen LogP contribution is -2.27. The number of carbonyl (C=O) groups excluding carboxylic acids is 1. The average Bonchev–Trinajstić information content (AvgIpc) is 2.98. The summed E-state index contributed by atoms with van der Waals surface area (Å²) in [4.78, 5) is 24.5. The number of hydrogen-bond donors (Lipinski definition) is 3. The minimum atomic E-state index is -0.120. The zero-order valence-corrected chi connectivity index (χ0v) is 22.6. The zero-order valence-electron chi connectivity index (χ0n) is 21.9. The molecule has 0 radical (unpaired) electrons. The van der Waals surface area contributed by atoms with Crippen LogP contribution < -0.4 is 20.7 Å². The Bertz CT molecular complexity index is 1310. The predicted octanol–water partition coefficient (Wildman–Crippen LogP) is 4.72. The van der Waals surface area contributed by atoms with Crippen molar-refractivity contribution in [2.75, 3.05) is 50.2 Å². The third-order valence-electron chi connectivity index (χ3n) is 5.44. The van der Waals surface area contributed by atoms with Crippen LogP contribution in [0.1, 0.15) is 15.9 Å². The fraction of sp³-hybridized carbons (Fsp3) is 0.241. The second-order valence-electron chi connectivity index (χ2n) is 8.45. The van der Waals surface area contributed by atoms with E-state index in [1.54, 1.807) is 12.1 Å². The highest BCUT2D eigenvalue weighted by molar-refractivity contribution is 6.28. The molecule has 1 heterocycles. The number of benzene rings is 3. The molecule has 10 nitrogen and oxygen atoms in total. The summed E-state index contributed by atoms with van der Waals surface area (Å²) in [6, 6.07) is 26.5. The monoisotopic (exact) mass is 562 g/mol. The fourth-order valence-electron chi connectivity index (χ4n) is 3.47. The van der Waals surface area contributed by atoms with Gasteiger partial charge in [-0.25, -0.2) is 0 Å². The van der Waals surface area contributed by atoms with Crippen molar-refractivity contribution in [2.24, 2.45) is 0 Å². The summed E-state index contributed by atoms with van der Waals surface area (Å²) >= 11 is 6.08. The van der Waals surface area contributed by atoms with Gasteiger partial charge in [0.25, 0.3) is 5.91 Å². The van der Waals surface area contributed by atoms with E-state index in [0.29, 0.717) is 63.6 Å². The first-order chi connectivity index (χ1) is 19.7. The molecule has 0 fully saturated rings. The van der Waals surface area contributed by atoms with Crippen LogP contribution >= 0.6 is 11.6 Å². The van der Waals surface area contributed by atoms with Crippen molar-refractivity contribution in [3.8, 4) is 5.75 Å². The summed E-state index contributed by atoms with van der Waals surface area (Å²) in [6.45, 7) is 3.07. The highest BCUT2D eigenvalue weighted by atomic mass is 35.5. The van der Waals surface area contributed by atoms with Gasteiger partial charge in [0.1, 0.15) is 12.4 Å². The number of carbonyl (C=O) groups is 1. The van der Waals surface area contributed by atoms with Crippen LogP contribution in [0, 0.1) is 0 Å². The van der Waals surface area contributed by atoms with Crippen LogP contribution in [-0.2, 0) is 16.1 Å². The molecular weight excluding hydrogens is 532 g/mol. The molecule has 208 valence electrons. The number of nitrogens with one attached hydrogen (secondary N) is 3. The number of ether oxygens (including phenoxy) is 3. The Morgan fingerprint density at radius 2 is 1.38 bits per heavy atom. The Labute approximate surface area is 238 Å². The van der Waals surface area contributed by atoms with Crippen LogP contribution in [0.25, 0.3) is 0 Å². The molecule has 11 heteroatoms. The lowest BCUT2D eigenvalue weighted by atomic mass is 10.2. The SMILES string of the molecule is O=C(NCCOCCOCCNc1nc(Cl)nc(Nc2ccc(OCc3ccccc3)cc2)n1)c1ccccc1. The van der Waals surface area contributed by atoms with Crippen molar-refractivity contribution in [1.29, 1.82) is 0 Å². The maximum Gasteiger partial charge on any atom is 0.251 e. The van der Waals surface area contributed by atoms with Crippen molar-refractivity contribution < 1.29 is 19.0 Å². The molecule has 0 bridgehead atoms. The fourth-order valence-corrected chi connectivity index (χ4v) is 3.63. The van der Waals surface area contributed by atoms with E-state index >= 15 is 0 Å². The van der Waals surface area contributed by atoms with Crippen LogP contribution in [-0.4, -0.2) is 60.4 Å². The topological polar surface area (TPSA) is 120 Å². The molecule has 0 unspecified atom stereocenters. The molecule has 0 spiro atoms. The van der Waals surface area contributed by atoms with E-state index in [4.69, 9.17) is 25.8 Å². The maximum atomic E-state index is 11.9. The van der Waals surface area contributed by atoms with Crippen LogP contribution in [0.3, 0.4) is 0 Å². The van der Waals surface area contributed by atoms with Gasteiger partial charge in [-0.1, -0.05) is 48.5 Å². The summed E-state index contributed by atoms with van der Waals surface area (Å²) < 4.78 is 16.9. The summed E-state index contributed by atoms with van der Waals surface area (Å²) in [7, 11) is 0. The number of aromatic nitrogens is 3. The molecule has 4 aromatic rings. The van der Waals surface area contributed by atoms with Crippen LogP contribution in [0.4, 0.5) is 17.6 Å². The van der Waals surface area contributed by atoms with Gasteiger partial charge in [0.15, 0.2) is 0 Å². The normalized spacial score (nSPS) is 10.6. The third kappa shape index (κ3) is 10.1. The smallest absolute Gasteiger partial charge is 0.251 e. The number of rotatable bonds is 16. The van der Waals surface area contributed by atoms with E-state index in [9.17, 15) is 4.79 Å². The summed E-state index contributed by atoms with van der Waals surface area (Å²) in [5.74, 6) is 1.28. The predicted molar refractivity (Wildman–Crippen MR) is 154 cm³/mol. The van der Waals surface area contributed by atoms with Crippen molar-refractivity contribution in [1.82, 2.24) is 20.3 Å². The molecule has 0 aliphatic heterocycles. The van der Waals surface area contributed by atoms with Gasteiger partial charge in [-0.05, 0) is 53.6 Å². The third-order valence-corrected chi connectivity index (χ3v) is 5.61. The lowest BCUT2D eigenvalue weighted by Gasteiger charge is -2.10. The molecule has 40 heavy (non-hydrogen) atoms. The minimum absolute atomic E-state index is 0.0662. The van der Waals surface area contributed by atoms with E-state index in [2.05, 4.69) is 30.9 Å². The summed E-state index contributed by atoms with van der Waals surface area (Å²) in [6.07, 6.45) is 0. The molecule has 3 aromatic carbocycles. The molecular formula is C29H31ClN6O4. The van der Waals surface area contributed by atoms with E-state index in [0.717, 1.165) is 17.0 Å². The number of halogens is 1. The quantitative estimate of drug-likeness (QED) is 0.167. The zero-order chi connectivity index (χ0) is 27.8. The van der Waals surface area contributed by atoms with Gasteiger partial charge >= 0.3 is 0 Å². The van der Waals surface area contributed by atoms with Crippen LogP contribution in [0.2, 0.25) is 5.28 Å². The van der Waals surface area contributed by atoms with Crippen LogP contribution in [0.5, 0.6) is 5.75 Å². The van der Waals surface area contributed by atoms with Gasteiger partial charge in [0.05, 0.1) is 26.4 Å². The Hall–Kier alpha value is -4.25. The van der Waals surface area contributed by atoms with Gasteiger partial charge in [0.2, 0.25) is 17.2 Å². The Balaban J connectivity index is 1.09. The van der Waals surface area contributed by atoms with Crippen molar-refractivity contribution in [3.63, 3.8) is 0 Å². The van der Waals surface area contributed by atoms with Crippen molar-refractivity contribution in [2.45, 2.75) is 6.61 Å². The Morgan fingerprint density at radius 1 is 0.725 bits per heavy atom. The van der Waals surface area contributed by atoms with Gasteiger partial charge in [-0.2, -0.15) is 15.0 Å². The van der Waals surface area contributed by atoms with Crippen molar-refractivity contribution in [3.05, 3.63) is 101 Å². The molecule has 0 aliphatic carbocycles. The Morgan fingerprint density at radius 3 is 2.10 bits per heavy atom. The van der Waals surface area contributed by atoms with Gasteiger partial charge in [-0.3, -0.25) is 4.79 Å². The average molecular weight is 563 g/mol. The van der Waals surface area contributed by atoms with Gasteiger partial charge < -0.3 is 30.2 Å². The minimum Gasteiger partial charge on any atom is -0.489 e. The molecule has 3 N–H and O–H groups in total. The number of nitrogens with zero attached hydrogens (tertiary/aromatic N) is 3. The van der Waals surface area contributed by atoms with E-state index in [-0.39, 0.29) is 11.2 Å². The molecule has 1 amide bonds. The number of hydrogen-bond acceptors (Lipinski definition) is 9. The molecule has 4 rings (SSSR count). The molecule has 1 aromatic heterocycles. The second-order valence-corrected chi connectivity index (χ2v) is 8.79. The van der Waals surface area contributed by atoms with Gasteiger partial charge in [0, 0.05) is 24.3 Å². The first-order valence-electron chi connectivity index (χ1n) is 12.8. The van der Waals surface area contributed by atoms with Gasteiger partial charge in [-0.15, -0.1) is 0 Å². The highest BCUT2D eigenvalue weighted by Gasteiger charge is 2.06. The Kier molecular flexibility index (Phi) is 11.5. The molecule has 0 aliphatic rings. The first-order valence-corrected chi connectivity index (χ1v) is 13.2. The van der Waals surface area contributed by atoms with Crippen LogP contribution in [0.15, 0.2) is 84.9 Å². The summed E-state index contributed by atoms with van der Waals surface area (Å²) in [5.41, 5.74) is 2.51. The summed E-state index contributed by atoms with van der Waals surface area (Å²) in [5, 5.41) is 9.07. The highest BCUT2D eigenvalue weighted by Crippen LogP contribution is 2.20. The number of amides is 1. The largest absolute Gasteiger partial charge is 0.489 e. The first kappa shape index (κ1) is 28.8. The van der Waals surface area contributed by atoms with Crippen molar-refractivity contribution >= 4 is 35.1 Å². The molecule has 0 saturated carbocycles. The second kappa shape index (κ2) is 16.0. The van der Waals surface area contributed by atoms with E-state index in [1.807, 2.05) is 72.8 Å². The van der Waals surface area contributed by atoms with E-state index in [1.165, 1.54) is 0 Å². The molecule has 0 saturated heterocycles. The number of anilines is 3. The van der Waals surface area contributed by atoms with E-state index < -0.39 is 0 Å².